The fourth-order valence-corrected chi connectivity index (χ4v) is 6.80. The molecular weight excluding hydrogens is 973 g/mol. The molecule has 0 aromatic heterocycles. The standard InChI is InChI=1S/C42H74N14O15S/c1-20(2)16-28(42(70)71)55-37(65)24(9-5-7-15-44)50-38(66)25(10-12-30(46)57)53-41(69)29(19-72)56-39(67)26(11-13-33(60)61)52-36(64)23(8-4-6-14-43)51-40(68)27(18-32(48)59)54-34(62)21(3)49-35(63)22(45)17-31(47)58/h20-29,72H,4-19,43-45H2,1-3H3,(H2,46,57)(H2,47,58)(H2,48,59)(H,49,63)(H,50,66)(H,51,68)(H,52,64)(H,53,69)(H,54,62)(H,55,65)(H,56,67)(H,60,61)(H,70,71). The number of hydrogen-bond acceptors (Lipinski definition) is 17. The number of hydrogen-bond donors (Lipinski definition) is 17. The Labute approximate surface area is 421 Å². The Hall–Kier alpha value is -6.66. The molecule has 22 N–H and O–H groups in total. The second-order valence-corrected chi connectivity index (χ2v) is 17.6. The third-order valence-corrected chi connectivity index (χ3v) is 10.8. The van der Waals surface area contributed by atoms with E-state index in [0.29, 0.717) is 19.3 Å². The van der Waals surface area contributed by atoms with Gasteiger partial charge in [0.15, 0.2) is 0 Å². The van der Waals surface area contributed by atoms with Crippen LogP contribution in [0.15, 0.2) is 0 Å². The van der Waals surface area contributed by atoms with Crippen LogP contribution in [0.4, 0.5) is 0 Å². The number of thiol groups is 1. The van der Waals surface area contributed by atoms with Gasteiger partial charge in [0.05, 0.1) is 18.9 Å². The van der Waals surface area contributed by atoms with E-state index in [1.54, 1.807) is 13.8 Å². The van der Waals surface area contributed by atoms with E-state index in [0.717, 1.165) is 0 Å². The molecule has 0 radical (unpaired) electrons. The summed E-state index contributed by atoms with van der Waals surface area (Å²) in [5.74, 6) is -14.4. The number of carbonyl (C=O) groups is 13. The van der Waals surface area contributed by atoms with Crippen LogP contribution in [0.5, 0.6) is 0 Å². The topological polar surface area (TPSA) is 515 Å². The van der Waals surface area contributed by atoms with Crippen LogP contribution in [-0.4, -0.2) is 160 Å². The number of nitrogens with two attached hydrogens (primary N) is 6. The fraction of sp³-hybridized carbons (Fsp3) is 0.690. The van der Waals surface area contributed by atoms with E-state index in [-0.39, 0.29) is 44.7 Å². The molecule has 0 saturated heterocycles. The Balaban J connectivity index is 6.56. The highest BCUT2D eigenvalue weighted by Crippen LogP contribution is 2.11. The molecule has 72 heavy (non-hydrogen) atoms. The third-order valence-electron chi connectivity index (χ3n) is 10.4. The molecule has 11 amide bonds. The first-order chi connectivity index (χ1) is 33.7. The quantitative estimate of drug-likeness (QED) is 0.0202. The first-order valence-electron chi connectivity index (χ1n) is 23.2. The molecule has 0 rings (SSSR count). The molecule has 0 saturated carbocycles. The lowest BCUT2D eigenvalue weighted by Gasteiger charge is -2.27. The molecule has 0 spiro atoms. The van der Waals surface area contributed by atoms with Gasteiger partial charge in [0.2, 0.25) is 65.0 Å². The summed E-state index contributed by atoms with van der Waals surface area (Å²) < 4.78 is 0. The maximum atomic E-state index is 13.9. The van der Waals surface area contributed by atoms with E-state index >= 15 is 0 Å². The van der Waals surface area contributed by atoms with Gasteiger partial charge in [-0.1, -0.05) is 13.8 Å². The summed E-state index contributed by atoms with van der Waals surface area (Å²) in [6.45, 7) is 5.06. The minimum absolute atomic E-state index is 0.00195. The molecule has 0 heterocycles. The van der Waals surface area contributed by atoms with Crippen molar-refractivity contribution in [2.75, 3.05) is 18.8 Å². The first kappa shape index (κ1) is 65.3. The lowest BCUT2D eigenvalue weighted by Crippen LogP contribution is -2.60. The van der Waals surface area contributed by atoms with Crippen LogP contribution >= 0.6 is 12.6 Å². The highest BCUT2D eigenvalue weighted by atomic mass is 32.1. The molecule has 30 heteroatoms. The molecular formula is C42H74N14O15S. The Bertz CT molecular complexity index is 1910. The largest absolute Gasteiger partial charge is 0.481 e. The van der Waals surface area contributed by atoms with Crippen LogP contribution in [0, 0.1) is 5.92 Å². The Morgan fingerprint density at radius 2 is 0.819 bits per heavy atom. The molecule has 0 bridgehead atoms. The summed E-state index contributed by atoms with van der Waals surface area (Å²) >= 11 is 4.14. The zero-order valence-corrected chi connectivity index (χ0v) is 41.6. The Kier molecular flexibility index (Phi) is 31.4. The summed E-state index contributed by atoms with van der Waals surface area (Å²) in [4.78, 5) is 166. The summed E-state index contributed by atoms with van der Waals surface area (Å²) in [6, 6.07) is -13.7. The number of primary amides is 3. The van der Waals surface area contributed by atoms with E-state index in [2.05, 4.69) is 55.2 Å². The maximum absolute atomic E-state index is 13.9. The summed E-state index contributed by atoms with van der Waals surface area (Å²) in [5.41, 5.74) is 32.5. The predicted molar refractivity (Wildman–Crippen MR) is 259 cm³/mol. The van der Waals surface area contributed by atoms with Crippen molar-refractivity contribution in [2.24, 2.45) is 40.3 Å². The van der Waals surface area contributed by atoms with Crippen LogP contribution in [-0.2, 0) is 62.3 Å². The molecule has 9 unspecified atom stereocenters. The van der Waals surface area contributed by atoms with Crippen molar-refractivity contribution in [2.45, 2.75) is 159 Å². The van der Waals surface area contributed by atoms with E-state index in [9.17, 15) is 72.5 Å². The summed E-state index contributed by atoms with van der Waals surface area (Å²) in [7, 11) is 0. The smallest absolute Gasteiger partial charge is 0.326 e. The van der Waals surface area contributed by atoms with E-state index < -0.39 is 176 Å². The van der Waals surface area contributed by atoms with Crippen LogP contribution < -0.4 is 76.9 Å². The molecule has 0 aliphatic rings. The first-order valence-corrected chi connectivity index (χ1v) is 23.8. The van der Waals surface area contributed by atoms with Crippen LogP contribution in [0.1, 0.15) is 104 Å². The van der Waals surface area contributed by atoms with E-state index in [1.165, 1.54) is 6.92 Å². The van der Waals surface area contributed by atoms with Gasteiger partial charge in [0.25, 0.3) is 0 Å². The van der Waals surface area contributed by atoms with Gasteiger partial charge in [-0.3, -0.25) is 57.5 Å². The van der Waals surface area contributed by atoms with Crippen molar-refractivity contribution in [1.82, 2.24) is 42.5 Å². The molecule has 0 aromatic carbocycles. The number of nitrogens with one attached hydrogen (secondary N) is 8. The van der Waals surface area contributed by atoms with Gasteiger partial charge < -0.3 is 87.1 Å². The predicted octanol–water partition coefficient (Wildman–Crippen LogP) is -6.59. The van der Waals surface area contributed by atoms with Crippen molar-refractivity contribution in [3.05, 3.63) is 0 Å². The van der Waals surface area contributed by atoms with Crippen LogP contribution in [0.25, 0.3) is 0 Å². The number of carboxylic acid groups (broad SMARTS) is 2. The average Bonchev–Trinajstić information content (AvgIpc) is 3.28. The van der Waals surface area contributed by atoms with Crippen molar-refractivity contribution in [3.63, 3.8) is 0 Å². The van der Waals surface area contributed by atoms with Gasteiger partial charge in [-0.25, -0.2) is 4.79 Å². The second-order valence-electron chi connectivity index (χ2n) is 17.3. The van der Waals surface area contributed by atoms with Gasteiger partial charge in [-0.15, -0.1) is 0 Å². The molecule has 0 aliphatic heterocycles. The van der Waals surface area contributed by atoms with Crippen LogP contribution in [0.2, 0.25) is 0 Å². The number of carboxylic acids is 2. The van der Waals surface area contributed by atoms with Crippen molar-refractivity contribution in [3.8, 4) is 0 Å². The normalized spacial score (nSPS) is 14.7. The molecule has 29 nitrogen and oxygen atoms in total. The third kappa shape index (κ3) is 27.1. The SMILES string of the molecule is CC(C)CC(NC(=O)C(CCCCN)NC(=O)C(CCC(N)=O)NC(=O)C(CS)NC(=O)C(CCC(=O)O)NC(=O)C(CCCCN)NC(=O)C(CC(N)=O)NC(=O)C(C)NC(=O)C(N)CC(N)=O)C(=O)O. The number of carbonyl (C=O) groups excluding carboxylic acids is 11. The average molecular weight is 1050 g/mol. The highest BCUT2D eigenvalue weighted by molar-refractivity contribution is 7.80. The molecule has 408 valence electrons. The maximum Gasteiger partial charge on any atom is 0.326 e. The zero-order chi connectivity index (χ0) is 55.2. The van der Waals surface area contributed by atoms with E-state index in [1.807, 2.05) is 0 Å². The van der Waals surface area contributed by atoms with Gasteiger partial charge in [-0.2, -0.15) is 12.6 Å². The van der Waals surface area contributed by atoms with E-state index in [4.69, 9.17) is 34.4 Å². The zero-order valence-electron chi connectivity index (χ0n) is 40.7. The number of amides is 11. The van der Waals surface area contributed by atoms with Crippen molar-refractivity contribution < 1.29 is 72.5 Å². The number of rotatable bonds is 38. The molecule has 0 aliphatic carbocycles. The molecule has 0 fully saturated rings. The number of unbranched alkanes of at least 4 members (excludes halogenated alkanes) is 2. The minimum Gasteiger partial charge on any atom is -0.481 e. The van der Waals surface area contributed by atoms with Crippen molar-refractivity contribution >= 4 is 89.5 Å². The molecule has 9 atom stereocenters. The van der Waals surface area contributed by atoms with Crippen molar-refractivity contribution in [1.29, 1.82) is 0 Å². The minimum atomic E-state index is -1.74. The lowest BCUT2D eigenvalue weighted by atomic mass is 10.0. The van der Waals surface area contributed by atoms with Gasteiger partial charge in [0, 0.05) is 18.6 Å². The monoisotopic (exact) mass is 1050 g/mol. The van der Waals surface area contributed by atoms with Gasteiger partial charge in [-0.05, 0) is 83.7 Å². The highest BCUT2D eigenvalue weighted by Gasteiger charge is 2.35. The second kappa shape index (κ2) is 34.6. The number of aliphatic carboxylic acids is 2. The Morgan fingerprint density at radius 3 is 1.19 bits per heavy atom. The summed E-state index contributed by atoms with van der Waals surface area (Å²) in [5, 5.41) is 37.9. The Morgan fingerprint density at radius 1 is 0.444 bits per heavy atom. The lowest BCUT2D eigenvalue weighted by molar-refractivity contribution is -0.143. The summed E-state index contributed by atoms with van der Waals surface area (Å²) in [6.07, 6.45) is -2.37. The molecule has 0 aromatic rings. The van der Waals surface area contributed by atoms with Gasteiger partial charge >= 0.3 is 11.9 Å². The fourth-order valence-electron chi connectivity index (χ4n) is 6.54. The van der Waals surface area contributed by atoms with Gasteiger partial charge in [0.1, 0.15) is 48.3 Å². The van der Waals surface area contributed by atoms with Crippen LogP contribution in [0.3, 0.4) is 0 Å².